The molecule has 0 spiro atoms. The summed E-state index contributed by atoms with van der Waals surface area (Å²) in [5.74, 6) is 0.905. The number of rotatable bonds is 2. The summed E-state index contributed by atoms with van der Waals surface area (Å²) >= 11 is 0. The van der Waals surface area contributed by atoms with Gasteiger partial charge in [-0.25, -0.2) is 4.98 Å². The van der Waals surface area contributed by atoms with Gasteiger partial charge in [0.25, 0.3) is 0 Å². The van der Waals surface area contributed by atoms with E-state index in [2.05, 4.69) is 39.1 Å². The Balaban J connectivity index is 2.00. The van der Waals surface area contributed by atoms with E-state index in [1.165, 1.54) is 11.1 Å². The molecule has 92 valence electrons. The Hall–Kier alpha value is -1.94. The lowest BCUT2D eigenvalue weighted by Gasteiger charge is -2.37. The van der Waals surface area contributed by atoms with Gasteiger partial charge in [-0.15, -0.1) is 0 Å². The first-order valence-corrected chi connectivity index (χ1v) is 6.20. The molecule has 18 heavy (non-hydrogen) atoms. The second-order valence-electron chi connectivity index (χ2n) is 4.46. The fourth-order valence-corrected chi connectivity index (χ4v) is 2.62. The zero-order valence-electron chi connectivity index (χ0n) is 10.2. The summed E-state index contributed by atoms with van der Waals surface area (Å²) in [5.41, 5.74) is 8.67. The molecule has 4 nitrogen and oxygen atoms in total. The Morgan fingerprint density at radius 2 is 2.17 bits per heavy atom. The molecule has 1 aliphatic rings. The number of nitrogens with zero attached hydrogens (tertiary/aromatic N) is 3. The predicted molar refractivity (Wildman–Crippen MR) is 71.3 cm³/mol. The summed E-state index contributed by atoms with van der Waals surface area (Å²) in [6.07, 6.45) is 6.25. The maximum absolute atomic E-state index is 5.96. The highest BCUT2D eigenvalue weighted by atomic mass is 15.2. The molecule has 3 rings (SSSR count). The minimum Gasteiger partial charge on any atom is -0.347 e. The second-order valence-corrected chi connectivity index (χ2v) is 4.46. The molecule has 0 saturated carbocycles. The zero-order valence-corrected chi connectivity index (χ0v) is 10.2. The van der Waals surface area contributed by atoms with Crippen molar-refractivity contribution in [1.82, 2.24) is 9.97 Å². The fourth-order valence-electron chi connectivity index (χ4n) is 2.62. The van der Waals surface area contributed by atoms with Gasteiger partial charge in [0, 0.05) is 25.5 Å². The standard InChI is InChI=1S/C14H16N4/c15-9-13-12-4-2-1-3-11(12)5-8-18(13)14-10-16-6-7-17-14/h1-4,6-7,10,13H,5,8-9,15H2. The van der Waals surface area contributed by atoms with E-state index in [9.17, 15) is 0 Å². The van der Waals surface area contributed by atoms with Gasteiger partial charge in [-0.3, -0.25) is 4.98 Å². The van der Waals surface area contributed by atoms with E-state index in [1.54, 1.807) is 18.6 Å². The largest absolute Gasteiger partial charge is 0.347 e. The van der Waals surface area contributed by atoms with Crippen molar-refractivity contribution in [3.05, 3.63) is 54.0 Å². The van der Waals surface area contributed by atoms with Crippen LogP contribution >= 0.6 is 0 Å². The third kappa shape index (κ3) is 1.84. The fraction of sp³-hybridized carbons (Fsp3) is 0.286. The summed E-state index contributed by atoms with van der Waals surface area (Å²) in [6, 6.07) is 8.71. The van der Waals surface area contributed by atoms with Gasteiger partial charge < -0.3 is 10.6 Å². The molecular weight excluding hydrogens is 224 g/mol. The van der Waals surface area contributed by atoms with Crippen LogP contribution in [0.15, 0.2) is 42.9 Å². The molecule has 0 saturated heterocycles. The molecule has 2 heterocycles. The monoisotopic (exact) mass is 240 g/mol. The molecular formula is C14H16N4. The van der Waals surface area contributed by atoms with Crippen molar-refractivity contribution in [2.75, 3.05) is 18.0 Å². The van der Waals surface area contributed by atoms with Crippen molar-refractivity contribution in [1.29, 1.82) is 0 Å². The Kier molecular flexibility index (Phi) is 2.94. The molecule has 4 heteroatoms. The van der Waals surface area contributed by atoms with Crippen LogP contribution in [0.5, 0.6) is 0 Å². The van der Waals surface area contributed by atoms with Gasteiger partial charge >= 0.3 is 0 Å². The topological polar surface area (TPSA) is 55.0 Å². The van der Waals surface area contributed by atoms with Crippen LogP contribution in [0.1, 0.15) is 17.2 Å². The Labute approximate surface area is 106 Å². The van der Waals surface area contributed by atoms with Gasteiger partial charge in [-0.05, 0) is 17.5 Å². The van der Waals surface area contributed by atoms with Crippen LogP contribution in [0.2, 0.25) is 0 Å². The van der Waals surface area contributed by atoms with Crippen LogP contribution in [0.25, 0.3) is 0 Å². The molecule has 1 aromatic heterocycles. The molecule has 1 aliphatic heterocycles. The average Bonchev–Trinajstić information content (AvgIpc) is 2.47. The van der Waals surface area contributed by atoms with E-state index in [4.69, 9.17) is 5.73 Å². The van der Waals surface area contributed by atoms with Crippen molar-refractivity contribution in [3.8, 4) is 0 Å². The SMILES string of the molecule is NCC1c2ccccc2CCN1c1cnccn1. The van der Waals surface area contributed by atoms with Gasteiger partial charge in [0.1, 0.15) is 5.82 Å². The highest BCUT2D eigenvalue weighted by Crippen LogP contribution is 2.31. The number of hydrogen-bond donors (Lipinski definition) is 1. The van der Waals surface area contributed by atoms with Crippen molar-refractivity contribution in [2.24, 2.45) is 5.73 Å². The zero-order chi connectivity index (χ0) is 12.4. The number of benzene rings is 1. The number of fused-ring (bicyclic) bond motifs is 1. The van der Waals surface area contributed by atoms with Crippen LogP contribution in [0.4, 0.5) is 5.82 Å². The minimum atomic E-state index is 0.201. The first kappa shape index (κ1) is 11.2. The molecule has 1 atom stereocenters. The molecule has 0 bridgehead atoms. The van der Waals surface area contributed by atoms with Crippen molar-refractivity contribution >= 4 is 5.82 Å². The van der Waals surface area contributed by atoms with Gasteiger partial charge in [-0.1, -0.05) is 24.3 Å². The molecule has 1 unspecified atom stereocenters. The van der Waals surface area contributed by atoms with Crippen molar-refractivity contribution in [3.63, 3.8) is 0 Å². The molecule has 2 N–H and O–H groups in total. The first-order chi connectivity index (χ1) is 8.90. The molecule has 0 aliphatic carbocycles. The predicted octanol–water partition coefficient (Wildman–Crippen LogP) is 1.54. The third-order valence-corrected chi connectivity index (χ3v) is 3.48. The van der Waals surface area contributed by atoms with Gasteiger partial charge in [0.15, 0.2) is 0 Å². The van der Waals surface area contributed by atoms with Crippen LogP contribution in [-0.2, 0) is 6.42 Å². The summed E-state index contributed by atoms with van der Waals surface area (Å²) in [5, 5.41) is 0. The van der Waals surface area contributed by atoms with E-state index >= 15 is 0 Å². The maximum atomic E-state index is 5.96. The number of nitrogens with two attached hydrogens (primary N) is 1. The van der Waals surface area contributed by atoms with Crippen LogP contribution < -0.4 is 10.6 Å². The number of hydrogen-bond acceptors (Lipinski definition) is 4. The van der Waals surface area contributed by atoms with Crippen molar-refractivity contribution < 1.29 is 0 Å². The minimum absolute atomic E-state index is 0.201. The molecule has 0 fully saturated rings. The summed E-state index contributed by atoms with van der Waals surface area (Å²) in [6.45, 7) is 1.53. The summed E-state index contributed by atoms with van der Waals surface area (Å²) in [7, 11) is 0. The van der Waals surface area contributed by atoms with Gasteiger partial charge in [0.2, 0.25) is 0 Å². The van der Waals surface area contributed by atoms with Crippen LogP contribution in [0, 0.1) is 0 Å². The molecule has 0 radical (unpaired) electrons. The van der Waals surface area contributed by atoms with E-state index in [0.29, 0.717) is 6.54 Å². The Morgan fingerprint density at radius 3 is 2.94 bits per heavy atom. The molecule has 0 amide bonds. The van der Waals surface area contributed by atoms with Crippen LogP contribution in [-0.4, -0.2) is 23.1 Å². The average molecular weight is 240 g/mol. The van der Waals surface area contributed by atoms with Crippen molar-refractivity contribution in [2.45, 2.75) is 12.5 Å². The van der Waals surface area contributed by atoms with Crippen LogP contribution in [0.3, 0.4) is 0 Å². The summed E-state index contributed by atoms with van der Waals surface area (Å²) in [4.78, 5) is 10.8. The third-order valence-electron chi connectivity index (χ3n) is 3.48. The Bertz CT molecular complexity index is 526. The lowest BCUT2D eigenvalue weighted by atomic mass is 9.92. The molecule has 2 aromatic rings. The highest BCUT2D eigenvalue weighted by Gasteiger charge is 2.26. The smallest absolute Gasteiger partial charge is 0.147 e. The summed E-state index contributed by atoms with van der Waals surface area (Å²) < 4.78 is 0. The van der Waals surface area contributed by atoms with E-state index in [-0.39, 0.29) is 6.04 Å². The van der Waals surface area contributed by atoms with E-state index in [0.717, 1.165) is 18.8 Å². The second kappa shape index (κ2) is 4.74. The molecule has 1 aromatic carbocycles. The number of aromatic nitrogens is 2. The van der Waals surface area contributed by atoms with Gasteiger partial charge in [-0.2, -0.15) is 0 Å². The highest BCUT2D eigenvalue weighted by molar-refractivity contribution is 5.46. The lowest BCUT2D eigenvalue weighted by molar-refractivity contribution is 0.583. The Morgan fingerprint density at radius 1 is 1.28 bits per heavy atom. The van der Waals surface area contributed by atoms with Gasteiger partial charge in [0.05, 0.1) is 12.2 Å². The normalized spacial score (nSPS) is 18.5. The lowest BCUT2D eigenvalue weighted by Crippen LogP contribution is -2.39. The maximum Gasteiger partial charge on any atom is 0.147 e. The first-order valence-electron chi connectivity index (χ1n) is 6.20. The number of anilines is 1. The van der Waals surface area contributed by atoms with E-state index < -0.39 is 0 Å². The quantitative estimate of drug-likeness (QED) is 0.865. The van der Waals surface area contributed by atoms with E-state index in [1.807, 2.05) is 0 Å².